The zero-order valence-electron chi connectivity index (χ0n) is 13.4. The van der Waals surface area contributed by atoms with E-state index >= 15 is 0 Å². The molecule has 4 aromatic rings. The molecule has 4 rings (SSSR count). The van der Waals surface area contributed by atoms with E-state index in [-0.39, 0.29) is 5.56 Å². The van der Waals surface area contributed by atoms with E-state index in [0.29, 0.717) is 11.9 Å². The van der Waals surface area contributed by atoms with Gasteiger partial charge in [0.25, 0.3) is 5.56 Å². The molecule has 0 fully saturated rings. The first kappa shape index (κ1) is 14.5. The normalized spacial score (nSPS) is 11.0. The fraction of sp³-hybridized carbons (Fsp3) is 0.100. The fourth-order valence-corrected chi connectivity index (χ4v) is 2.90. The first-order valence-electron chi connectivity index (χ1n) is 7.90. The van der Waals surface area contributed by atoms with Crippen LogP contribution in [0.15, 0.2) is 71.9 Å². The van der Waals surface area contributed by atoms with Crippen LogP contribution in [0.25, 0.3) is 16.8 Å². The molecule has 4 heteroatoms. The van der Waals surface area contributed by atoms with E-state index in [4.69, 9.17) is 0 Å². The molecule has 4 nitrogen and oxygen atoms in total. The summed E-state index contributed by atoms with van der Waals surface area (Å²) in [6.45, 7) is 2.04. The first-order chi connectivity index (χ1) is 11.7. The zero-order chi connectivity index (χ0) is 16.5. The Bertz CT molecular complexity index is 1040. The molecule has 0 unspecified atom stereocenters. The standard InChI is InChI=1S/C20H17N3O/c1-14-7-9-16(10-8-14)18-12-23-13-21-17(19(23)20(24)22-18)11-15-5-3-2-4-6-15/h2-10,12-13H,11H2,1H3,(H,22,24). The Hall–Kier alpha value is -3.14. The summed E-state index contributed by atoms with van der Waals surface area (Å²) >= 11 is 0. The Kier molecular flexibility index (Phi) is 3.50. The van der Waals surface area contributed by atoms with Crippen LogP contribution in [0.1, 0.15) is 16.8 Å². The van der Waals surface area contributed by atoms with Crippen molar-refractivity contribution in [3.8, 4) is 11.3 Å². The third kappa shape index (κ3) is 2.63. The lowest BCUT2D eigenvalue weighted by Gasteiger charge is -2.04. The number of hydrogen-bond donors (Lipinski definition) is 1. The predicted molar refractivity (Wildman–Crippen MR) is 95.2 cm³/mol. The van der Waals surface area contributed by atoms with E-state index in [1.807, 2.05) is 72.1 Å². The summed E-state index contributed by atoms with van der Waals surface area (Å²) in [6, 6.07) is 18.1. The molecule has 0 aliphatic heterocycles. The van der Waals surface area contributed by atoms with Gasteiger partial charge >= 0.3 is 0 Å². The van der Waals surface area contributed by atoms with Crippen molar-refractivity contribution in [3.63, 3.8) is 0 Å². The van der Waals surface area contributed by atoms with Crippen molar-refractivity contribution in [2.24, 2.45) is 0 Å². The molecule has 0 radical (unpaired) electrons. The summed E-state index contributed by atoms with van der Waals surface area (Å²) in [6.07, 6.45) is 4.27. The maximum absolute atomic E-state index is 12.6. The summed E-state index contributed by atoms with van der Waals surface area (Å²) < 4.78 is 1.81. The van der Waals surface area contributed by atoms with E-state index in [1.165, 1.54) is 5.56 Å². The van der Waals surface area contributed by atoms with Crippen molar-refractivity contribution in [1.82, 2.24) is 14.4 Å². The number of H-pyrrole nitrogens is 1. The van der Waals surface area contributed by atoms with Crippen molar-refractivity contribution < 1.29 is 0 Å². The average Bonchev–Trinajstić information content (AvgIpc) is 3.00. The largest absolute Gasteiger partial charge is 0.319 e. The minimum absolute atomic E-state index is 0.114. The number of aromatic amines is 1. The van der Waals surface area contributed by atoms with Crippen molar-refractivity contribution in [2.45, 2.75) is 13.3 Å². The summed E-state index contributed by atoms with van der Waals surface area (Å²) in [5, 5.41) is 0. The number of fused-ring (bicyclic) bond motifs is 1. The van der Waals surface area contributed by atoms with Crippen LogP contribution in [0, 0.1) is 6.92 Å². The Labute approximate surface area is 139 Å². The summed E-state index contributed by atoms with van der Waals surface area (Å²) in [5.41, 5.74) is 5.38. The van der Waals surface area contributed by atoms with Crippen LogP contribution in [-0.2, 0) is 6.42 Å². The van der Waals surface area contributed by atoms with Gasteiger partial charge < -0.3 is 4.98 Å². The molecule has 0 aliphatic carbocycles. The van der Waals surface area contributed by atoms with Crippen molar-refractivity contribution in [2.75, 3.05) is 0 Å². The van der Waals surface area contributed by atoms with E-state index < -0.39 is 0 Å². The molecule has 0 bridgehead atoms. The van der Waals surface area contributed by atoms with Gasteiger partial charge in [0.2, 0.25) is 0 Å². The van der Waals surface area contributed by atoms with Crippen LogP contribution in [0.3, 0.4) is 0 Å². The lowest BCUT2D eigenvalue weighted by atomic mass is 10.1. The zero-order valence-corrected chi connectivity index (χ0v) is 13.4. The predicted octanol–water partition coefficient (Wildman–Crippen LogP) is 3.59. The highest BCUT2D eigenvalue weighted by atomic mass is 16.1. The van der Waals surface area contributed by atoms with Gasteiger partial charge in [-0.25, -0.2) is 4.98 Å². The number of nitrogens with one attached hydrogen (secondary N) is 1. The van der Waals surface area contributed by atoms with Gasteiger partial charge in [0.15, 0.2) is 0 Å². The van der Waals surface area contributed by atoms with Gasteiger partial charge in [-0.05, 0) is 18.1 Å². The highest BCUT2D eigenvalue weighted by Gasteiger charge is 2.11. The molecule has 2 heterocycles. The highest BCUT2D eigenvalue weighted by molar-refractivity contribution is 5.62. The number of benzene rings is 2. The SMILES string of the molecule is Cc1ccc(-c2cn3cnc(Cc4ccccc4)c3c(=O)[nH]2)cc1. The van der Waals surface area contributed by atoms with Crippen molar-refractivity contribution in [3.05, 3.63) is 94.3 Å². The molecule has 0 saturated carbocycles. The molecule has 2 aromatic heterocycles. The second kappa shape index (κ2) is 5.81. The smallest absolute Gasteiger partial charge is 0.274 e. The molecule has 118 valence electrons. The van der Waals surface area contributed by atoms with Crippen LogP contribution in [0.2, 0.25) is 0 Å². The monoisotopic (exact) mass is 315 g/mol. The van der Waals surface area contributed by atoms with Crippen LogP contribution < -0.4 is 5.56 Å². The quantitative estimate of drug-likeness (QED) is 0.628. The van der Waals surface area contributed by atoms with Gasteiger partial charge in [-0.1, -0.05) is 60.2 Å². The number of rotatable bonds is 3. The Morgan fingerprint density at radius 1 is 1.04 bits per heavy atom. The number of aromatic nitrogens is 3. The highest BCUT2D eigenvalue weighted by Crippen LogP contribution is 2.18. The van der Waals surface area contributed by atoms with E-state index in [1.54, 1.807) is 6.33 Å². The van der Waals surface area contributed by atoms with E-state index in [9.17, 15) is 4.79 Å². The van der Waals surface area contributed by atoms with Crippen molar-refractivity contribution in [1.29, 1.82) is 0 Å². The summed E-state index contributed by atoms with van der Waals surface area (Å²) in [4.78, 5) is 20.0. The molecular formula is C20H17N3O. The molecule has 0 atom stereocenters. The number of nitrogens with zero attached hydrogens (tertiary/aromatic N) is 2. The first-order valence-corrected chi connectivity index (χ1v) is 7.90. The topological polar surface area (TPSA) is 50.2 Å². The molecule has 0 amide bonds. The minimum Gasteiger partial charge on any atom is -0.319 e. The fourth-order valence-electron chi connectivity index (χ4n) is 2.90. The molecule has 0 saturated heterocycles. The van der Waals surface area contributed by atoms with Gasteiger partial charge in [-0.3, -0.25) is 9.20 Å². The van der Waals surface area contributed by atoms with Gasteiger partial charge in [-0.15, -0.1) is 0 Å². The van der Waals surface area contributed by atoms with Crippen LogP contribution >= 0.6 is 0 Å². The van der Waals surface area contributed by atoms with Crippen LogP contribution in [0.4, 0.5) is 0 Å². The van der Waals surface area contributed by atoms with Crippen LogP contribution in [-0.4, -0.2) is 14.4 Å². The Morgan fingerprint density at radius 2 is 1.79 bits per heavy atom. The second-order valence-corrected chi connectivity index (χ2v) is 5.97. The summed E-state index contributed by atoms with van der Waals surface area (Å²) in [5.74, 6) is 0. The molecular weight excluding hydrogens is 298 g/mol. The molecule has 0 spiro atoms. The number of hydrogen-bond acceptors (Lipinski definition) is 2. The molecule has 0 aliphatic rings. The van der Waals surface area contributed by atoms with Gasteiger partial charge in [0, 0.05) is 12.6 Å². The minimum atomic E-state index is -0.114. The van der Waals surface area contributed by atoms with Gasteiger partial charge in [0.1, 0.15) is 5.52 Å². The second-order valence-electron chi connectivity index (χ2n) is 5.97. The molecule has 24 heavy (non-hydrogen) atoms. The third-order valence-corrected chi connectivity index (χ3v) is 4.18. The summed E-state index contributed by atoms with van der Waals surface area (Å²) in [7, 11) is 0. The lowest BCUT2D eigenvalue weighted by Crippen LogP contribution is -2.12. The Morgan fingerprint density at radius 3 is 2.54 bits per heavy atom. The third-order valence-electron chi connectivity index (χ3n) is 4.18. The Balaban J connectivity index is 1.78. The van der Waals surface area contributed by atoms with Gasteiger partial charge in [0.05, 0.1) is 17.7 Å². The van der Waals surface area contributed by atoms with Crippen LogP contribution in [0.5, 0.6) is 0 Å². The molecule has 2 aromatic carbocycles. The molecule has 1 N–H and O–H groups in total. The average molecular weight is 315 g/mol. The maximum Gasteiger partial charge on any atom is 0.274 e. The van der Waals surface area contributed by atoms with E-state index in [0.717, 1.165) is 22.5 Å². The van der Waals surface area contributed by atoms with Crippen molar-refractivity contribution >= 4 is 5.52 Å². The van der Waals surface area contributed by atoms with E-state index in [2.05, 4.69) is 9.97 Å². The van der Waals surface area contributed by atoms with Gasteiger partial charge in [-0.2, -0.15) is 0 Å². The maximum atomic E-state index is 12.6. The number of aryl methyl sites for hydroxylation is 1. The lowest BCUT2D eigenvalue weighted by molar-refractivity contribution is 1.09. The number of imidazole rings is 1.